The van der Waals surface area contributed by atoms with E-state index in [0.29, 0.717) is 12.2 Å². The molecule has 1 rings (SSSR count). The fraction of sp³-hybridized carbons (Fsp3) is 0.333. The molecule has 0 amide bonds. The molecule has 0 aliphatic carbocycles. The minimum absolute atomic E-state index is 0.230. The van der Waals surface area contributed by atoms with Crippen molar-refractivity contribution in [1.29, 1.82) is 0 Å². The summed E-state index contributed by atoms with van der Waals surface area (Å²) in [5.41, 5.74) is 0. The van der Waals surface area contributed by atoms with E-state index in [1.54, 1.807) is 44.2 Å². The second-order valence-corrected chi connectivity index (χ2v) is 5.32. The SMILES string of the molecule is CC(C)OP(=O)(B=O)c1ccccc1. The Morgan fingerprint density at radius 2 is 1.86 bits per heavy atom. The molecule has 74 valence electrons. The van der Waals surface area contributed by atoms with Gasteiger partial charge in [-0.3, -0.25) is 0 Å². The summed E-state index contributed by atoms with van der Waals surface area (Å²) in [5, 5.41) is 0.448. The summed E-state index contributed by atoms with van der Waals surface area (Å²) in [6.45, 7) is 3.90. The van der Waals surface area contributed by atoms with Gasteiger partial charge in [-0.2, -0.15) is 0 Å². The van der Waals surface area contributed by atoms with Gasteiger partial charge < -0.3 is 0 Å². The van der Waals surface area contributed by atoms with Crippen LogP contribution >= 0.6 is 7.25 Å². The first-order chi connectivity index (χ1) is 6.58. The molecular weight excluding hydrogens is 198 g/mol. The van der Waals surface area contributed by atoms with E-state index >= 15 is 0 Å². The predicted octanol–water partition coefficient (Wildman–Crippen LogP) is 1.98. The van der Waals surface area contributed by atoms with Crippen molar-refractivity contribution < 1.29 is 13.8 Å². The zero-order valence-electron chi connectivity index (χ0n) is 8.21. The van der Waals surface area contributed by atoms with Gasteiger partial charge >= 0.3 is 83.5 Å². The van der Waals surface area contributed by atoms with Crippen LogP contribution in [0.5, 0.6) is 0 Å². The standard InChI is InChI=1S/C9H12BO3P/c1-8(2)13-14(12,10-11)9-6-4-3-5-7-9/h3-8H,1-2H3. The molecule has 0 saturated heterocycles. The van der Waals surface area contributed by atoms with Crippen LogP contribution < -0.4 is 5.30 Å². The number of rotatable bonds is 4. The van der Waals surface area contributed by atoms with Gasteiger partial charge in [0.05, 0.1) is 0 Å². The van der Waals surface area contributed by atoms with Crippen molar-refractivity contribution >= 4 is 19.4 Å². The van der Waals surface area contributed by atoms with Crippen LogP contribution in [0.4, 0.5) is 0 Å². The third-order valence-corrected chi connectivity index (χ3v) is 3.65. The Hall–Kier alpha value is -0.725. The molecule has 0 bridgehead atoms. The quantitative estimate of drug-likeness (QED) is 0.563. The van der Waals surface area contributed by atoms with E-state index in [-0.39, 0.29) is 6.10 Å². The van der Waals surface area contributed by atoms with Crippen LogP contribution in [0.25, 0.3) is 0 Å². The summed E-state index contributed by atoms with van der Waals surface area (Å²) in [5.74, 6) is 0. The first kappa shape index (κ1) is 11.4. The molecule has 0 N–H and O–H groups in total. The third-order valence-electron chi connectivity index (χ3n) is 1.62. The molecule has 0 heterocycles. The molecule has 0 fully saturated rings. The minimum atomic E-state index is -3.29. The molecular formula is C9H12BO3P. The van der Waals surface area contributed by atoms with Gasteiger partial charge in [-0.1, -0.05) is 0 Å². The molecule has 0 aliphatic heterocycles. The van der Waals surface area contributed by atoms with Crippen molar-refractivity contribution in [3.05, 3.63) is 30.3 Å². The van der Waals surface area contributed by atoms with E-state index in [2.05, 4.69) is 0 Å². The second kappa shape index (κ2) is 4.67. The summed E-state index contributed by atoms with van der Waals surface area (Å²) in [6.07, 6.45) is -0.230. The number of hydrogen-bond acceptors (Lipinski definition) is 3. The monoisotopic (exact) mass is 210 g/mol. The van der Waals surface area contributed by atoms with Gasteiger partial charge in [-0.25, -0.2) is 0 Å². The van der Waals surface area contributed by atoms with Crippen molar-refractivity contribution in [2.45, 2.75) is 20.0 Å². The Morgan fingerprint density at radius 3 is 2.29 bits per heavy atom. The zero-order chi connectivity index (χ0) is 10.6. The van der Waals surface area contributed by atoms with Crippen LogP contribution in [0.1, 0.15) is 13.8 Å². The van der Waals surface area contributed by atoms with Crippen LogP contribution in [-0.2, 0) is 13.8 Å². The number of hydrogen-bond donors (Lipinski definition) is 0. The van der Waals surface area contributed by atoms with Gasteiger partial charge in [0.2, 0.25) is 0 Å². The van der Waals surface area contributed by atoms with Crippen molar-refractivity contribution in [3.8, 4) is 0 Å². The average molecular weight is 210 g/mol. The van der Waals surface area contributed by atoms with Gasteiger partial charge in [0.15, 0.2) is 0 Å². The van der Waals surface area contributed by atoms with E-state index < -0.39 is 7.25 Å². The summed E-state index contributed by atoms with van der Waals surface area (Å²) < 4.78 is 27.9. The molecule has 1 unspecified atom stereocenters. The molecule has 1 aromatic carbocycles. The Kier molecular flexibility index (Phi) is 3.79. The van der Waals surface area contributed by atoms with Crippen molar-refractivity contribution in [1.82, 2.24) is 0 Å². The zero-order valence-corrected chi connectivity index (χ0v) is 9.11. The second-order valence-electron chi connectivity index (χ2n) is 3.19. The van der Waals surface area contributed by atoms with Crippen molar-refractivity contribution in [2.75, 3.05) is 0 Å². The normalized spacial score (nSPS) is 14.8. The Bertz CT molecular complexity index is 350. The summed E-state index contributed by atoms with van der Waals surface area (Å²) in [6, 6.07) is 8.54. The molecule has 0 aliphatic rings. The topological polar surface area (TPSA) is 43.4 Å². The Labute approximate surface area is 84.1 Å². The fourth-order valence-electron chi connectivity index (χ4n) is 1.10. The van der Waals surface area contributed by atoms with Gasteiger partial charge in [-0.05, 0) is 0 Å². The van der Waals surface area contributed by atoms with Crippen molar-refractivity contribution in [3.63, 3.8) is 0 Å². The molecule has 5 heteroatoms. The van der Waals surface area contributed by atoms with E-state index in [9.17, 15) is 9.27 Å². The van der Waals surface area contributed by atoms with E-state index in [4.69, 9.17) is 4.52 Å². The van der Waals surface area contributed by atoms with E-state index in [0.717, 1.165) is 0 Å². The fourth-order valence-corrected chi connectivity index (χ4v) is 2.60. The molecule has 0 saturated carbocycles. The van der Waals surface area contributed by atoms with Crippen LogP contribution in [-0.4, -0.2) is 13.0 Å². The Morgan fingerprint density at radius 1 is 1.29 bits per heavy atom. The summed E-state index contributed by atoms with van der Waals surface area (Å²) in [7, 11) is -3.29. The predicted molar refractivity (Wildman–Crippen MR) is 56.3 cm³/mol. The molecule has 14 heavy (non-hydrogen) atoms. The van der Waals surface area contributed by atoms with Gasteiger partial charge in [-0.15, -0.1) is 0 Å². The average Bonchev–Trinajstić information content (AvgIpc) is 2.18. The van der Waals surface area contributed by atoms with E-state index in [1.807, 2.05) is 0 Å². The molecule has 0 radical (unpaired) electrons. The van der Waals surface area contributed by atoms with Crippen LogP contribution in [0.2, 0.25) is 0 Å². The van der Waals surface area contributed by atoms with Crippen LogP contribution in [0, 0.1) is 0 Å². The number of benzene rings is 1. The molecule has 3 nitrogen and oxygen atoms in total. The maximum atomic E-state index is 12.0. The van der Waals surface area contributed by atoms with Gasteiger partial charge in [0, 0.05) is 0 Å². The summed E-state index contributed by atoms with van der Waals surface area (Å²) >= 11 is 0. The molecule has 0 aromatic heterocycles. The van der Waals surface area contributed by atoms with E-state index in [1.165, 1.54) is 0 Å². The first-order valence-electron chi connectivity index (χ1n) is 4.38. The van der Waals surface area contributed by atoms with Crippen LogP contribution in [0.15, 0.2) is 30.3 Å². The first-order valence-corrected chi connectivity index (χ1v) is 6.08. The molecule has 1 aromatic rings. The summed E-state index contributed by atoms with van der Waals surface area (Å²) in [4.78, 5) is 0. The van der Waals surface area contributed by atoms with Gasteiger partial charge in [0.1, 0.15) is 0 Å². The Balaban J connectivity index is 3.03. The van der Waals surface area contributed by atoms with Gasteiger partial charge in [0.25, 0.3) is 0 Å². The van der Waals surface area contributed by atoms with Crippen molar-refractivity contribution in [2.24, 2.45) is 0 Å². The molecule has 0 spiro atoms. The maximum absolute atomic E-state index is 12.0. The molecule has 1 atom stereocenters. The third kappa shape index (κ3) is 2.63. The van der Waals surface area contributed by atoms with Crippen LogP contribution in [0.3, 0.4) is 0 Å².